The largest absolute Gasteiger partial charge is 0.507 e. The normalized spacial score (nSPS) is 14.1. The summed E-state index contributed by atoms with van der Waals surface area (Å²) in [5.74, 6) is 0.533. The molecule has 3 nitrogen and oxygen atoms in total. The molecule has 0 saturated heterocycles. The Morgan fingerprint density at radius 3 is 2.71 bits per heavy atom. The Morgan fingerprint density at radius 2 is 2.18 bits per heavy atom. The summed E-state index contributed by atoms with van der Waals surface area (Å²) >= 11 is 8.89. The van der Waals surface area contributed by atoms with Crippen molar-refractivity contribution in [1.82, 2.24) is 5.32 Å². The van der Waals surface area contributed by atoms with Gasteiger partial charge in [0.15, 0.2) is 0 Å². The molecule has 2 atom stereocenters. The fourth-order valence-electron chi connectivity index (χ4n) is 1.22. The van der Waals surface area contributed by atoms with Crippen LogP contribution in [0.4, 0.5) is 0 Å². The summed E-state index contributed by atoms with van der Waals surface area (Å²) < 4.78 is 0.566. The van der Waals surface area contributed by atoms with Gasteiger partial charge < -0.3 is 10.4 Å². The van der Waals surface area contributed by atoms with Crippen molar-refractivity contribution >= 4 is 33.4 Å². The smallest absolute Gasteiger partial charge is 0.251 e. The number of halogens is 2. The summed E-state index contributed by atoms with van der Waals surface area (Å²) in [5.41, 5.74) is 0.430. The fraction of sp³-hybridized carbons (Fsp3) is 0.417. The summed E-state index contributed by atoms with van der Waals surface area (Å²) in [6.45, 7) is 3.88. The van der Waals surface area contributed by atoms with Crippen LogP contribution in [0.5, 0.6) is 5.75 Å². The summed E-state index contributed by atoms with van der Waals surface area (Å²) in [6, 6.07) is 4.71. The summed E-state index contributed by atoms with van der Waals surface area (Å²) in [7, 11) is 0. The lowest BCUT2D eigenvalue weighted by molar-refractivity contribution is 0.0930. The lowest BCUT2D eigenvalue weighted by atomic mass is 10.1. The molecule has 0 saturated carbocycles. The first-order chi connectivity index (χ1) is 7.95. The molecule has 0 radical (unpaired) electrons. The number of amides is 1. The molecule has 1 aromatic rings. The SMILES string of the molecule is CC(CCl)C(C)NC(=O)c1ccc(Br)c(O)c1. The zero-order valence-corrected chi connectivity index (χ0v) is 12.0. The molecule has 0 aliphatic carbocycles. The summed E-state index contributed by atoms with van der Waals surface area (Å²) in [6.07, 6.45) is 0. The molecule has 0 fully saturated rings. The van der Waals surface area contributed by atoms with Gasteiger partial charge in [-0.2, -0.15) is 0 Å². The first-order valence-corrected chi connectivity index (χ1v) is 6.63. The molecule has 2 N–H and O–H groups in total. The Kier molecular flexibility index (Phi) is 5.28. The van der Waals surface area contributed by atoms with Crippen LogP contribution in [-0.2, 0) is 0 Å². The van der Waals surface area contributed by atoms with Crippen molar-refractivity contribution in [2.75, 3.05) is 5.88 Å². The maximum atomic E-state index is 11.9. The van der Waals surface area contributed by atoms with Gasteiger partial charge >= 0.3 is 0 Å². The van der Waals surface area contributed by atoms with Gasteiger partial charge in [-0.15, -0.1) is 11.6 Å². The average Bonchev–Trinajstić information content (AvgIpc) is 2.31. The van der Waals surface area contributed by atoms with E-state index in [1.165, 1.54) is 6.07 Å². The van der Waals surface area contributed by atoms with E-state index in [2.05, 4.69) is 21.2 Å². The highest BCUT2D eigenvalue weighted by Gasteiger charge is 2.15. The van der Waals surface area contributed by atoms with E-state index in [1.54, 1.807) is 12.1 Å². The van der Waals surface area contributed by atoms with Gasteiger partial charge in [0, 0.05) is 17.5 Å². The first-order valence-electron chi connectivity index (χ1n) is 5.31. The summed E-state index contributed by atoms with van der Waals surface area (Å²) in [5, 5.41) is 12.3. The lowest BCUT2D eigenvalue weighted by Gasteiger charge is -2.19. The number of hydrogen-bond acceptors (Lipinski definition) is 2. The van der Waals surface area contributed by atoms with Gasteiger partial charge in [0.25, 0.3) is 5.91 Å². The number of aromatic hydroxyl groups is 1. The second-order valence-electron chi connectivity index (χ2n) is 4.06. The molecule has 0 aromatic heterocycles. The number of carbonyl (C=O) groups excluding carboxylic acids is 1. The van der Waals surface area contributed by atoms with Crippen molar-refractivity contribution in [3.63, 3.8) is 0 Å². The number of benzene rings is 1. The van der Waals surface area contributed by atoms with Gasteiger partial charge in [0.2, 0.25) is 0 Å². The Balaban J connectivity index is 2.73. The average molecular weight is 321 g/mol. The van der Waals surface area contributed by atoms with Crippen molar-refractivity contribution in [1.29, 1.82) is 0 Å². The molecular formula is C12H15BrClNO2. The van der Waals surface area contributed by atoms with Crippen LogP contribution in [-0.4, -0.2) is 22.9 Å². The monoisotopic (exact) mass is 319 g/mol. The highest BCUT2D eigenvalue weighted by molar-refractivity contribution is 9.10. The number of alkyl halides is 1. The second-order valence-corrected chi connectivity index (χ2v) is 5.22. The van der Waals surface area contributed by atoms with Gasteiger partial charge in [0.1, 0.15) is 5.75 Å². The van der Waals surface area contributed by atoms with E-state index >= 15 is 0 Å². The van der Waals surface area contributed by atoms with Gasteiger partial charge in [-0.1, -0.05) is 6.92 Å². The Morgan fingerprint density at radius 1 is 1.53 bits per heavy atom. The Bertz CT molecular complexity index is 411. The maximum Gasteiger partial charge on any atom is 0.251 e. The standard InChI is InChI=1S/C12H15BrClNO2/c1-7(6-14)8(2)15-12(17)9-3-4-10(13)11(16)5-9/h3-5,7-8,16H,6H2,1-2H3,(H,15,17). The minimum absolute atomic E-state index is 0.00853. The number of rotatable bonds is 4. The number of hydrogen-bond donors (Lipinski definition) is 2. The molecule has 1 amide bonds. The van der Waals surface area contributed by atoms with Crippen LogP contribution in [0, 0.1) is 5.92 Å². The minimum atomic E-state index is -0.211. The van der Waals surface area contributed by atoms with Crippen LogP contribution in [0.3, 0.4) is 0 Å². The Labute approximate surface area is 114 Å². The van der Waals surface area contributed by atoms with Crippen LogP contribution < -0.4 is 5.32 Å². The van der Waals surface area contributed by atoms with Crippen molar-refractivity contribution in [3.8, 4) is 5.75 Å². The minimum Gasteiger partial charge on any atom is -0.507 e. The molecule has 94 valence electrons. The second kappa shape index (κ2) is 6.26. The number of phenols is 1. The third kappa shape index (κ3) is 3.89. The molecular weight excluding hydrogens is 305 g/mol. The highest BCUT2D eigenvalue weighted by Crippen LogP contribution is 2.24. The zero-order valence-electron chi connectivity index (χ0n) is 9.71. The molecule has 0 aliphatic rings. The highest BCUT2D eigenvalue weighted by atomic mass is 79.9. The van der Waals surface area contributed by atoms with E-state index in [1.807, 2.05) is 13.8 Å². The van der Waals surface area contributed by atoms with Crippen molar-refractivity contribution < 1.29 is 9.90 Å². The van der Waals surface area contributed by atoms with Crippen molar-refractivity contribution in [2.45, 2.75) is 19.9 Å². The molecule has 0 aliphatic heterocycles. The quantitative estimate of drug-likeness (QED) is 0.837. The number of nitrogens with one attached hydrogen (secondary N) is 1. The zero-order chi connectivity index (χ0) is 13.0. The summed E-state index contributed by atoms with van der Waals surface area (Å²) in [4.78, 5) is 11.9. The van der Waals surface area contributed by atoms with Crippen LogP contribution in [0.15, 0.2) is 22.7 Å². The first kappa shape index (κ1) is 14.3. The molecule has 0 heterocycles. The fourth-order valence-corrected chi connectivity index (χ4v) is 1.73. The van der Waals surface area contributed by atoms with Crippen LogP contribution in [0.25, 0.3) is 0 Å². The molecule has 1 rings (SSSR count). The van der Waals surface area contributed by atoms with E-state index in [4.69, 9.17) is 11.6 Å². The Hall–Kier alpha value is -0.740. The lowest BCUT2D eigenvalue weighted by Crippen LogP contribution is -2.37. The van der Waals surface area contributed by atoms with Crippen LogP contribution >= 0.6 is 27.5 Å². The van der Waals surface area contributed by atoms with Crippen molar-refractivity contribution in [2.24, 2.45) is 5.92 Å². The third-order valence-corrected chi connectivity index (χ3v) is 3.82. The van der Waals surface area contributed by atoms with E-state index in [-0.39, 0.29) is 23.6 Å². The van der Waals surface area contributed by atoms with Gasteiger partial charge in [-0.05, 0) is 47.0 Å². The van der Waals surface area contributed by atoms with E-state index in [0.29, 0.717) is 15.9 Å². The number of phenolic OH excluding ortho intramolecular Hbond substituents is 1. The topological polar surface area (TPSA) is 49.3 Å². The molecule has 0 spiro atoms. The van der Waals surface area contributed by atoms with Crippen LogP contribution in [0.1, 0.15) is 24.2 Å². The third-order valence-electron chi connectivity index (χ3n) is 2.66. The van der Waals surface area contributed by atoms with E-state index < -0.39 is 0 Å². The molecule has 2 unspecified atom stereocenters. The predicted octanol–water partition coefficient (Wildman–Crippen LogP) is 3.15. The predicted molar refractivity (Wildman–Crippen MR) is 72.6 cm³/mol. The van der Waals surface area contributed by atoms with Gasteiger partial charge in [-0.3, -0.25) is 4.79 Å². The van der Waals surface area contributed by atoms with Gasteiger partial charge in [0.05, 0.1) is 4.47 Å². The van der Waals surface area contributed by atoms with E-state index in [0.717, 1.165) is 0 Å². The molecule has 17 heavy (non-hydrogen) atoms. The van der Waals surface area contributed by atoms with E-state index in [9.17, 15) is 9.90 Å². The molecule has 0 bridgehead atoms. The van der Waals surface area contributed by atoms with Crippen molar-refractivity contribution in [3.05, 3.63) is 28.2 Å². The maximum absolute atomic E-state index is 11.9. The van der Waals surface area contributed by atoms with Gasteiger partial charge in [-0.25, -0.2) is 0 Å². The van der Waals surface area contributed by atoms with Crippen LogP contribution in [0.2, 0.25) is 0 Å². The molecule has 5 heteroatoms. The number of carbonyl (C=O) groups is 1. The molecule has 1 aromatic carbocycles.